The topological polar surface area (TPSA) is 55.4 Å². The van der Waals surface area contributed by atoms with Crippen molar-refractivity contribution < 1.29 is 14.3 Å². The number of nitrogens with one attached hydrogen (secondary N) is 1. The number of ketones is 1. The molecule has 0 spiro atoms. The summed E-state index contributed by atoms with van der Waals surface area (Å²) in [7, 11) is 0. The van der Waals surface area contributed by atoms with E-state index in [-0.39, 0.29) is 29.9 Å². The van der Waals surface area contributed by atoms with E-state index < -0.39 is 0 Å². The lowest BCUT2D eigenvalue weighted by atomic mass is 9.73. The van der Waals surface area contributed by atoms with E-state index in [9.17, 15) is 9.59 Å². The highest BCUT2D eigenvalue weighted by Crippen LogP contribution is 2.44. The quantitative estimate of drug-likeness (QED) is 0.838. The fourth-order valence-corrected chi connectivity index (χ4v) is 4.30. The lowest BCUT2D eigenvalue weighted by Crippen LogP contribution is -2.38. The van der Waals surface area contributed by atoms with Crippen molar-refractivity contribution in [3.8, 4) is 5.75 Å². The molecule has 2 aromatic rings. The number of allylic oxidation sites excluding steroid dienone is 2. The van der Waals surface area contributed by atoms with Crippen molar-refractivity contribution in [1.82, 2.24) is 5.32 Å². The van der Waals surface area contributed by atoms with Crippen molar-refractivity contribution in [2.24, 2.45) is 0 Å². The molecule has 2 unspecified atom stereocenters. The van der Waals surface area contributed by atoms with Crippen LogP contribution in [-0.2, 0) is 9.59 Å². The highest BCUT2D eigenvalue weighted by molar-refractivity contribution is 6.02. The van der Waals surface area contributed by atoms with E-state index in [1.165, 1.54) is 0 Å². The van der Waals surface area contributed by atoms with Gasteiger partial charge in [0, 0.05) is 35.6 Å². The molecule has 4 heteroatoms. The molecule has 28 heavy (non-hydrogen) atoms. The Labute approximate surface area is 165 Å². The number of carbonyl (C=O) groups is 2. The predicted octanol–water partition coefficient (Wildman–Crippen LogP) is 4.48. The second kappa shape index (κ2) is 8.01. The molecule has 4 nitrogen and oxygen atoms in total. The SMILES string of the molecule is CCCOc1ccccc1C1CC(=O)NC2=C1C(=O)CC(c1ccccc1)C2. The van der Waals surface area contributed by atoms with Gasteiger partial charge in [-0.05, 0) is 30.4 Å². The number of para-hydroxylation sites is 1. The molecule has 0 fully saturated rings. The Morgan fingerprint density at radius 3 is 2.50 bits per heavy atom. The van der Waals surface area contributed by atoms with Crippen molar-refractivity contribution >= 4 is 11.7 Å². The largest absolute Gasteiger partial charge is 0.493 e. The zero-order chi connectivity index (χ0) is 19.5. The van der Waals surface area contributed by atoms with Crippen LogP contribution in [0.3, 0.4) is 0 Å². The summed E-state index contributed by atoms with van der Waals surface area (Å²) in [6, 6.07) is 17.9. The average Bonchev–Trinajstić information content (AvgIpc) is 2.72. The molecule has 1 aliphatic carbocycles. The lowest BCUT2D eigenvalue weighted by molar-refractivity contribution is -0.122. The van der Waals surface area contributed by atoms with Crippen LogP contribution in [0.5, 0.6) is 5.75 Å². The second-order valence-electron chi connectivity index (χ2n) is 7.52. The maximum absolute atomic E-state index is 13.2. The Kier molecular flexibility index (Phi) is 5.29. The zero-order valence-corrected chi connectivity index (χ0v) is 16.1. The molecule has 4 rings (SSSR count). The molecular weight excluding hydrogens is 350 g/mol. The molecule has 0 saturated carbocycles. The lowest BCUT2D eigenvalue weighted by Gasteiger charge is -2.35. The summed E-state index contributed by atoms with van der Waals surface area (Å²) in [4.78, 5) is 25.7. The predicted molar refractivity (Wildman–Crippen MR) is 108 cm³/mol. The number of hydrogen-bond acceptors (Lipinski definition) is 3. The minimum Gasteiger partial charge on any atom is -0.493 e. The van der Waals surface area contributed by atoms with Gasteiger partial charge in [0.15, 0.2) is 5.78 Å². The highest BCUT2D eigenvalue weighted by Gasteiger charge is 2.39. The summed E-state index contributed by atoms with van der Waals surface area (Å²) in [6.07, 6.45) is 2.36. The van der Waals surface area contributed by atoms with E-state index in [1.807, 2.05) is 42.5 Å². The maximum atomic E-state index is 13.2. The van der Waals surface area contributed by atoms with Crippen LogP contribution < -0.4 is 10.1 Å². The molecule has 2 aliphatic rings. The van der Waals surface area contributed by atoms with Crippen LogP contribution in [0.1, 0.15) is 55.6 Å². The van der Waals surface area contributed by atoms with E-state index in [0.29, 0.717) is 19.4 Å². The maximum Gasteiger partial charge on any atom is 0.225 e. The molecule has 144 valence electrons. The standard InChI is InChI=1S/C24H25NO3/c1-2-12-28-22-11-7-6-10-18(22)19-15-23(27)25-20-13-17(14-21(26)24(19)20)16-8-4-3-5-9-16/h3-11,17,19H,2,12-15H2,1H3,(H,25,27). The monoisotopic (exact) mass is 375 g/mol. The first-order valence-electron chi connectivity index (χ1n) is 10.00. The molecular formula is C24H25NO3. The number of rotatable bonds is 5. The zero-order valence-electron chi connectivity index (χ0n) is 16.1. The summed E-state index contributed by atoms with van der Waals surface area (Å²) in [5, 5.41) is 2.99. The van der Waals surface area contributed by atoms with Gasteiger partial charge in [0.2, 0.25) is 5.91 Å². The van der Waals surface area contributed by atoms with Crippen LogP contribution in [0.2, 0.25) is 0 Å². The van der Waals surface area contributed by atoms with Crippen molar-refractivity contribution in [1.29, 1.82) is 0 Å². The molecule has 1 heterocycles. The average molecular weight is 375 g/mol. The molecule has 1 aliphatic heterocycles. The Morgan fingerprint density at radius 1 is 0.964 bits per heavy atom. The van der Waals surface area contributed by atoms with Gasteiger partial charge >= 0.3 is 0 Å². The summed E-state index contributed by atoms with van der Waals surface area (Å²) in [5.74, 6) is 0.744. The Balaban J connectivity index is 1.71. The third-order valence-electron chi connectivity index (χ3n) is 5.56. The van der Waals surface area contributed by atoms with E-state index in [4.69, 9.17) is 4.74 Å². The van der Waals surface area contributed by atoms with Gasteiger partial charge in [-0.15, -0.1) is 0 Å². The Hall–Kier alpha value is -2.88. The minimum absolute atomic E-state index is 0.0319. The first-order chi connectivity index (χ1) is 13.7. The summed E-state index contributed by atoms with van der Waals surface area (Å²) in [6.45, 7) is 2.68. The van der Waals surface area contributed by atoms with Gasteiger partial charge in [0.25, 0.3) is 0 Å². The molecule has 0 bridgehead atoms. The van der Waals surface area contributed by atoms with Crippen LogP contribution in [0, 0.1) is 0 Å². The van der Waals surface area contributed by atoms with Gasteiger partial charge in [0.1, 0.15) is 5.75 Å². The van der Waals surface area contributed by atoms with E-state index in [0.717, 1.165) is 34.6 Å². The smallest absolute Gasteiger partial charge is 0.225 e. The molecule has 0 saturated heterocycles. The molecule has 0 radical (unpaired) electrons. The molecule has 1 N–H and O–H groups in total. The van der Waals surface area contributed by atoms with Gasteiger partial charge in [-0.2, -0.15) is 0 Å². The number of ether oxygens (including phenoxy) is 1. The summed E-state index contributed by atoms with van der Waals surface area (Å²) >= 11 is 0. The first-order valence-corrected chi connectivity index (χ1v) is 10.00. The van der Waals surface area contributed by atoms with Gasteiger partial charge in [-0.25, -0.2) is 0 Å². The van der Waals surface area contributed by atoms with Gasteiger partial charge in [-0.1, -0.05) is 55.5 Å². The normalized spacial score (nSPS) is 21.9. The minimum atomic E-state index is -0.235. The van der Waals surface area contributed by atoms with Crippen LogP contribution >= 0.6 is 0 Å². The van der Waals surface area contributed by atoms with Crippen LogP contribution in [0.4, 0.5) is 0 Å². The van der Waals surface area contributed by atoms with Gasteiger partial charge in [0.05, 0.1) is 6.61 Å². The van der Waals surface area contributed by atoms with Crippen LogP contribution in [-0.4, -0.2) is 18.3 Å². The van der Waals surface area contributed by atoms with Crippen LogP contribution in [0.15, 0.2) is 65.9 Å². The van der Waals surface area contributed by atoms with Crippen molar-refractivity contribution in [3.63, 3.8) is 0 Å². The van der Waals surface area contributed by atoms with Gasteiger partial charge < -0.3 is 10.1 Å². The van der Waals surface area contributed by atoms with Gasteiger partial charge in [-0.3, -0.25) is 9.59 Å². The number of hydrogen-bond donors (Lipinski definition) is 1. The van der Waals surface area contributed by atoms with E-state index >= 15 is 0 Å². The third-order valence-corrected chi connectivity index (χ3v) is 5.56. The van der Waals surface area contributed by atoms with Crippen LogP contribution in [0.25, 0.3) is 0 Å². The fraction of sp³-hybridized carbons (Fsp3) is 0.333. The first kappa shape index (κ1) is 18.5. The van der Waals surface area contributed by atoms with E-state index in [2.05, 4.69) is 24.4 Å². The number of carbonyl (C=O) groups excluding carboxylic acids is 2. The third kappa shape index (κ3) is 3.59. The van der Waals surface area contributed by atoms with Crippen molar-refractivity contribution in [2.45, 2.75) is 44.4 Å². The van der Waals surface area contributed by atoms with E-state index in [1.54, 1.807) is 0 Å². The highest BCUT2D eigenvalue weighted by atomic mass is 16.5. The number of Topliss-reactive ketones (excluding diaryl/α,β-unsaturated/α-hetero) is 1. The molecule has 2 atom stereocenters. The summed E-state index contributed by atoms with van der Waals surface area (Å²) in [5.41, 5.74) is 3.63. The van der Waals surface area contributed by atoms with Crippen molar-refractivity contribution in [3.05, 3.63) is 77.0 Å². The second-order valence-corrected chi connectivity index (χ2v) is 7.52. The number of benzene rings is 2. The summed E-state index contributed by atoms with van der Waals surface area (Å²) < 4.78 is 5.91. The van der Waals surface area contributed by atoms with Crippen molar-refractivity contribution in [2.75, 3.05) is 6.61 Å². The number of amides is 1. The molecule has 1 amide bonds. The fourth-order valence-electron chi connectivity index (χ4n) is 4.30. The molecule has 0 aromatic heterocycles. The Bertz CT molecular complexity index is 916. The molecule has 2 aromatic carbocycles. The Morgan fingerprint density at radius 2 is 1.71 bits per heavy atom.